The van der Waals surface area contributed by atoms with Crippen molar-refractivity contribution in [1.29, 1.82) is 0 Å². The molecule has 1 amide bonds. The summed E-state index contributed by atoms with van der Waals surface area (Å²) in [7, 11) is 0. The number of benzene rings is 1. The summed E-state index contributed by atoms with van der Waals surface area (Å²) in [5, 5.41) is 20.1. The second kappa shape index (κ2) is 3.61. The number of hydrogen-bond donors (Lipinski definition) is 2. The lowest BCUT2D eigenvalue weighted by atomic mass is 10.2. The number of H-pyrrole nitrogens is 1. The molecule has 2 N–H and O–H groups in total. The van der Waals surface area contributed by atoms with Crippen LogP contribution in [-0.2, 0) is 4.79 Å². The van der Waals surface area contributed by atoms with Crippen molar-refractivity contribution in [3.63, 3.8) is 0 Å². The van der Waals surface area contributed by atoms with Gasteiger partial charge >= 0.3 is 0 Å². The number of nitrogens with zero attached hydrogens (tertiary/aromatic N) is 2. The molecule has 0 spiro atoms. The number of aromatic amines is 1. The van der Waals surface area contributed by atoms with Gasteiger partial charge in [-0.1, -0.05) is 0 Å². The summed E-state index contributed by atoms with van der Waals surface area (Å²) in [5.41, 5.74) is 0.592. The summed E-state index contributed by atoms with van der Waals surface area (Å²) in [6, 6.07) is 4.29. The van der Waals surface area contributed by atoms with Crippen molar-refractivity contribution in [1.82, 2.24) is 10.2 Å². The number of hydrogen-bond acceptors (Lipinski definition) is 4. The van der Waals surface area contributed by atoms with E-state index >= 15 is 0 Å². The van der Waals surface area contributed by atoms with E-state index in [-0.39, 0.29) is 11.6 Å². The molecule has 0 radical (unpaired) electrons. The van der Waals surface area contributed by atoms with Crippen molar-refractivity contribution in [2.75, 3.05) is 5.32 Å². The van der Waals surface area contributed by atoms with E-state index in [9.17, 15) is 14.9 Å². The molecule has 0 aliphatic carbocycles. The molecule has 0 aliphatic rings. The highest BCUT2D eigenvalue weighted by Gasteiger charge is 2.12. The molecule has 7 heteroatoms. The fourth-order valence-electron chi connectivity index (χ4n) is 1.38. The van der Waals surface area contributed by atoms with Gasteiger partial charge in [0, 0.05) is 19.1 Å². The third kappa shape index (κ3) is 1.70. The number of nitro benzene ring substituents is 1. The molecule has 1 aromatic carbocycles. The first-order valence-electron chi connectivity index (χ1n) is 4.48. The Morgan fingerprint density at radius 1 is 1.56 bits per heavy atom. The average molecular weight is 220 g/mol. The fraction of sp³-hybridized carbons (Fsp3) is 0.111. The van der Waals surface area contributed by atoms with E-state index in [0.29, 0.717) is 16.7 Å². The van der Waals surface area contributed by atoms with Gasteiger partial charge in [-0.05, 0) is 6.07 Å². The van der Waals surface area contributed by atoms with E-state index in [2.05, 4.69) is 15.5 Å². The van der Waals surface area contributed by atoms with E-state index in [1.54, 1.807) is 6.07 Å². The van der Waals surface area contributed by atoms with Crippen LogP contribution in [-0.4, -0.2) is 21.0 Å². The molecule has 0 saturated carbocycles. The Balaban J connectivity index is 2.55. The lowest BCUT2D eigenvalue weighted by Gasteiger charge is -1.96. The van der Waals surface area contributed by atoms with Gasteiger partial charge in [0.2, 0.25) is 5.91 Å². The van der Waals surface area contributed by atoms with Crippen LogP contribution in [0.25, 0.3) is 10.9 Å². The number of carbonyl (C=O) groups excluding carboxylic acids is 1. The first-order valence-corrected chi connectivity index (χ1v) is 4.48. The van der Waals surface area contributed by atoms with Crippen LogP contribution in [0.2, 0.25) is 0 Å². The van der Waals surface area contributed by atoms with Gasteiger partial charge in [0.25, 0.3) is 5.69 Å². The number of rotatable bonds is 2. The standard InChI is InChI=1S/C9H8N4O3/c1-5(14)10-9-7-4-6(13(15)16)2-3-8(7)11-12-9/h2-4H,1H3,(H2,10,11,12,14). The Hall–Kier alpha value is -2.44. The van der Waals surface area contributed by atoms with Crippen LogP contribution in [0.1, 0.15) is 6.92 Å². The summed E-state index contributed by atoms with van der Waals surface area (Å²) in [6.07, 6.45) is 0. The number of anilines is 1. The van der Waals surface area contributed by atoms with E-state index in [1.165, 1.54) is 19.1 Å². The van der Waals surface area contributed by atoms with Crippen molar-refractivity contribution >= 4 is 28.3 Å². The number of amides is 1. The van der Waals surface area contributed by atoms with Gasteiger partial charge in [0.15, 0.2) is 5.82 Å². The molecule has 0 atom stereocenters. The lowest BCUT2D eigenvalue weighted by molar-refractivity contribution is -0.384. The van der Waals surface area contributed by atoms with E-state index in [1.807, 2.05) is 0 Å². The summed E-state index contributed by atoms with van der Waals surface area (Å²) in [4.78, 5) is 21.0. The van der Waals surface area contributed by atoms with Crippen LogP contribution in [0, 0.1) is 10.1 Å². The van der Waals surface area contributed by atoms with Gasteiger partial charge in [-0.2, -0.15) is 5.10 Å². The van der Waals surface area contributed by atoms with Crippen LogP contribution in [0.4, 0.5) is 11.5 Å². The number of non-ortho nitro benzene ring substituents is 1. The Morgan fingerprint density at radius 3 is 2.94 bits per heavy atom. The smallest absolute Gasteiger partial charge is 0.270 e. The van der Waals surface area contributed by atoms with E-state index in [4.69, 9.17) is 0 Å². The SMILES string of the molecule is CC(=O)Nc1n[nH]c2ccc([N+](=O)[O-])cc12. The predicted octanol–water partition coefficient (Wildman–Crippen LogP) is 1.43. The highest BCUT2D eigenvalue weighted by molar-refractivity contribution is 5.99. The van der Waals surface area contributed by atoms with Gasteiger partial charge in [-0.25, -0.2) is 0 Å². The van der Waals surface area contributed by atoms with E-state index < -0.39 is 4.92 Å². The molecule has 0 bridgehead atoms. The summed E-state index contributed by atoms with van der Waals surface area (Å²) in [6.45, 7) is 1.35. The van der Waals surface area contributed by atoms with Gasteiger partial charge in [0.05, 0.1) is 15.8 Å². The van der Waals surface area contributed by atoms with Crippen molar-refractivity contribution in [2.24, 2.45) is 0 Å². The second-order valence-corrected chi connectivity index (χ2v) is 3.24. The minimum Gasteiger partial charge on any atom is -0.309 e. The molecular formula is C9H8N4O3. The monoisotopic (exact) mass is 220 g/mol. The molecule has 0 aliphatic heterocycles. The maximum atomic E-state index is 10.9. The zero-order valence-corrected chi connectivity index (χ0v) is 8.35. The van der Waals surface area contributed by atoms with Gasteiger partial charge in [-0.3, -0.25) is 20.0 Å². The molecule has 0 saturated heterocycles. The quantitative estimate of drug-likeness (QED) is 0.590. The lowest BCUT2D eigenvalue weighted by Crippen LogP contribution is -2.06. The van der Waals surface area contributed by atoms with Gasteiger partial charge < -0.3 is 5.32 Å². The molecule has 16 heavy (non-hydrogen) atoms. The Bertz CT molecular complexity index is 575. The number of nitrogens with one attached hydrogen (secondary N) is 2. The minimum atomic E-state index is -0.496. The second-order valence-electron chi connectivity index (χ2n) is 3.24. The molecule has 1 aromatic heterocycles. The average Bonchev–Trinajstić information content (AvgIpc) is 2.60. The Labute approximate surface area is 89.6 Å². The molecule has 82 valence electrons. The highest BCUT2D eigenvalue weighted by Crippen LogP contribution is 2.24. The molecule has 0 unspecified atom stereocenters. The third-order valence-electron chi connectivity index (χ3n) is 2.05. The number of carbonyl (C=O) groups is 1. The van der Waals surface area contributed by atoms with Crippen molar-refractivity contribution in [2.45, 2.75) is 6.92 Å². The predicted molar refractivity (Wildman–Crippen MR) is 57.1 cm³/mol. The molecular weight excluding hydrogens is 212 g/mol. The summed E-state index contributed by atoms with van der Waals surface area (Å²) in [5.74, 6) is 0.0195. The molecule has 0 fully saturated rings. The van der Waals surface area contributed by atoms with Crippen LogP contribution in [0.15, 0.2) is 18.2 Å². The maximum absolute atomic E-state index is 10.9. The zero-order chi connectivity index (χ0) is 11.7. The summed E-state index contributed by atoms with van der Waals surface area (Å²) < 4.78 is 0. The Kier molecular flexibility index (Phi) is 2.28. The van der Waals surface area contributed by atoms with Crippen molar-refractivity contribution in [3.05, 3.63) is 28.3 Å². The van der Waals surface area contributed by atoms with Gasteiger partial charge in [-0.15, -0.1) is 0 Å². The normalized spacial score (nSPS) is 10.3. The van der Waals surface area contributed by atoms with Crippen LogP contribution < -0.4 is 5.32 Å². The van der Waals surface area contributed by atoms with Crippen LogP contribution in [0.5, 0.6) is 0 Å². The molecule has 2 rings (SSSR count). The fourth-order valence-corrected chi connectivity index (χ4v) is 1.38. The molecule has 1 heterocycles. The third-order valence-corrected chi connectivity index (χ3v) is 2.05. The Morgan fingerprint density at radius 2 is 2.31 bits per heavy atom. The largest absolute Gasteiger partial charge is 0.309 e. The van der Waals surface area contributed by atoms with Crippen LogP contribution in [0.3, 0.4) is 0 Å². The van der Waals surface area contributed by atoms with E-state index in [0.717, 1.165) is 0 Å². The zero-order valence-electron chi connectivity index (χ0n) is 8.35. The maximum Gasteiger partial charge on any atom is 0.270 e. The summed E-state index contributed by atoms with van der Waals surface area (Å²) >= 11 is 0. The van der Waals surface area contributed by atoms with Crippen LogP contribution >= 0.6 is 0 Å². The highest BCUT2D eigenvalue weighted by atomic mass is 16.6. The van der Waals surface area contributed by atoms with Crippen molar-refractivity contribution < 1.29 is 9.72 Å². The minimum absolute atomic E-state index is 0.0412. The number of fused-ring (bicyclic) bond motifs is 1. The van der Waals surface area contributed by atoms with Gasteiger partial charge in [0.1, 0.15) is 0 Å². The number of nitro groups is 1. The number of aromatic nitrogens is 2. The molecule has 7 nitrogen and oxygen atoms in total. The first-order chi connectivity index (χ1) is 7.58. The molecule has 2 aromatic rings. The first kappa shape index (κ1) is 10.1. The van der Waals surface area contributed by atoms with Crippen molar-refractivity contribution in [3.8, 4) is 0 Å². The topological polar surface area (TPSA) is 101 Å².